The standard InChI is InChI=1S/C20H39N5O5S2/c1-12(2)10-15(20(29)30)24-19(28)16(11-31)25-18(27)14(6-4-5-8-21)23-17(26)13(22)7-9-32-3/h12-16,31H,4-11,21-22H2,1-3H3,(H,23,26)(H,24,28)(H,25,27)(H,29,30). The summed E-state index contributed by atoms with van der Waals surface area (Å²) in [6.07, 6.45) is 4.23. The van der Waals surface area contributed by atoms with Gasteiger partial charge in [0.15, 0.2) is 0 Å². The van der Waals surface area contributed by atoms with E-state index in [1.807, 2.05) is 20.1 Å². The van der Waals surface area contributed by atoms with Gasteiger partial charge in [0.2, 0.25) is 17.7 Å². The predicted octanol–water partition coefficient (Wildman–Crippen LogP) is -0.289. The minimum absolute atomic E-state index is 0.0394. The van der Waals surface area contributed by atoms with Crippen LogP contribution in [0, 0.1) is 5.92 Å². The Kier molecular flexibility index (Phi) is 16.2. The maximum absolute atomic E-state index is 12.8. The first kappa shape index (κ1) is 30.5. The lowest BCUT2D eigenvalue weighted by molar-refractivity contribution is -0.142. The molecule has 0 aromatic carbocycles. The molecule has 3 amide bonds. The summed E-state index contributed by atoms with van der Waals surface area (Å²) in [5, 5.41) is 17.0. The van der Waals surface area contributed by atoms with Gasteiger partial charge in [-0.25, -0.2) is 4.79 Å². The van der Waals surface area contributed by atoms with Crippen molar-refractivity contribution in [2.75, 3.05) is 24.3 Å². The minimum atomic E-state index is -1.15. The average molecular weight is 494 g/mol. The van der Waals surface area contributed by atoms with Crippen LogP contribution in [0.4, 0.5) is 0 Å². The second kappa shape index (κ2) is 17.0. The van der Waals surface area contributed by atoms with E-state index in [1.165, 1.54) is 0 Å². The third-order valence-electron chi connectivity index (χ3n) is 4.69. The zero-order valence-corrected chi connectivity index (χ0v) is 20.8. The van der Waals surface area contributed by atoms with Crippen LogP contribution in [-0.2, 0) is 19.2 Å². The summed E-state index contributed by atoms with van der Waals surface area (Å²) in [5.74, 6) is -2.08. The maximum Gasteiger partial charge on any atom is 0.326 e. The maximum atomic E-state index is 12.8. The highest BCUT2D eigenvalue weighted by atomic mass is 32.2. The number of hydrogen-bond donors (Lipinski definition) is 7. The molecular formula is C20H39N5O5S2. The Bertz CT molecular complexity index is 609. The van der Waals surface area contributed by atoms with Crippen LogP contribution in [-0.4, -0.2) is 77.3 Å². The molecule has 0 radical (unpaired) electrons. The van der Waals surface area contributed by atoms with Crippen LogP contribution < -0.4 is 27.4 Å². The highest BCUT2D eigenvalue weighted by molar-refractivity contribution is 7.98. The highest BCUT2D eigenvalue weighted by Crippen LogP contribution is 2.07. The van der Waals surface area contributed by atoms with Crippen molar-refractivity contribution in [1.29, 1.82) is 0 Å². The molecular weight excluding hydrogens is 454 g/mol. The number of aliphatic carboxylic acids is 1. The van der Waals surface area contributed by atoms with Crippen molar-refractivity contribution in [3.63, 3.8) is 0 Å². The van der Waals surface area contributed by atoms with Gasteiger partial charge in [-0.15, -0.1) is 0 Å². The van der Waals surface area contributed by atoms with Crippen LogP contribution in [0.2, 0.25) is 0 Å². The van der Waals surface area contributed by atoms with Crippen molar-refractivity contribution in [1.82, 2.24) is 16.0 Å². The molecule has 0 spiro atoms. The molecule has 186 valence electrons. The Hall–Kier alpha value is -1.50. The van der Waals surface area contributed by atoms with Gasteiger partial charge in [-0.05, 0) is 56.6 Å². The third kappa shape index (κ3) is 12.5. The normalized spacial score (nSPS) is 14.8. The van der Waals surface area contributed by atoms with Crippen molar-refractivity contribution in [2.24, 2.45) is 17.4 Å². The Labute approximate surface area is 200 Å². The van der Waals surface area contributed by atoms with E-state index in [2.05, 4.69) is 28.6 Å². The summed E-state index contributed by atoms with van der Waals surface area (Å²) >= 11 is 5.69. The molecule has 32 heavy (non-hydrogen) atoms. The van der Waals surface area contributed by atoms with E-state index >= 15 is 0 Å². The van der Waals surface area contributed by atoms with Crippen LogP contribution in [0.25, 0.3) is 0 Å². The summed E-state index contributed by atoms with van der Waals surface area (Å²) in [7, 11) is 0. The van der Waals surface area contributed by atoms with Crippen LogP contribution in [0.1, 0.15) is 46.0 Å². The Balaban J connectivity index is 5.19. The number of nitrogens with two attached hydrogens (primary N) is 2. The van der Waals surface area contributed by atoms with E-state index in [0.29, 0.717) is 38.0 Å². The second-order valence-electron chi connectivity index (χ2n) is 8.01. The lowest BCUT2D eigenvalue weighted by Gasteiger charge is -2.25. The van der Waals surface area contributed by atoms with Gasteiger partial charge in [0.25, 0.3) is 0 Å². The molecule has 8 N–H and O–H groups in total. The summed E-state index contributed by atoms with van der Waals surface area (Å²) < 4.78 is 0. The van der Waals surface area contributed by atoms with Gasteiger partial charge in [-0.1, -0.05) is 13.8 Å². The lowest BCUT2D eigenvalue weighted by Crippen LogP contribution is -2.57. The molecule has 0 aliphatic rings. The number of carboxylic acid groups (broad SMARTS) is 1. The van der Waals surface area contributed by atoms with E-state index in [9.17, 15) is 24.3 Å². The molecule has 0 aromatic rings. The molecule has 0 fully saturated rings. The Morgan fingerprint density at radius 2 is 1.50 bits per heavy atom. The monoisotopic (exact) mass is 493 g/mol. The summed E-state index contributed by atoms with van der Waals surface area (Å²) in [4.78, 5) is 49.2. The smallest absolute Gasteiger partial charge is 0.326 e. The molecule has 0 bridgehead atoms. The van der Waals surface area contributed by atoms with Gasteiger partial charge >= 0.3 is 5.97 Å². The molecule has 0 heterocycles. The summed E-state index contributed by atoms with van der Waals surface area (Å²) in [6, 6.07) is -3.77. The number of carboxylic acids is 1. The van der Waals surface area contributed by atoms with Crippen LogP contribution in [0.3, 0.4) is 0 Å². The van der Waals surface area contributed by atoms with Gasteiger partial charge in [0.1, 0.15) is 18.1 Å². The van der Waals surface area contributed by atoms with Gasteiger partial charge in [0, 0.05) is 5.75 Å². The fourth-order valence-corrected chi connectivity index (χ4v) is 3.59. The molecule has 0 saturated carbocycles. The minimum Gasteiger partial charge on any atom is -0.480 e. The number of thiol groups is 1. The number of amides is 3. The summed E-state index contributed by atoms with van der Waals surface area (Å²) in [6.45, 7) is 4.14. The van der Waals surface area contributed by atoms with Crippen molar-refractivity contribution < 1.29 is 24.3 Å². The molecule has 4 atom stereocenters. The SMILES string of the molecule is CSCCC(N)C(=O)NC(CCCCN)C(=O)NC(CS)C(=O)NC(CC(C)C)C(=O)O. The first-order chi connectivity index (χ1) is 15.1. The third-order valence-corrected chi connectivity index (χ3v) is 5.70. The van der Waals surface area contributed by atoms with E-state index in [-0.39, 0.29) is 18.1 Å². The fraction of sp³-hybridized carbons (Fsp3) is 0.800. The summed E-state index contributed by atoms with van der Waals surface area (Å²) in [5.41, 5.74) is 11.4. The van der Waals surface area contributed by atoms with E-state index in [0.717, 1.165) is 0 Å². The second-order valence-corrected chi connectivity index (χ2v) is 9.36. The van der Waals surface area contributed by atoms with Crippen molar-refractivity contribution in [3.05, 3.63) is 0 Å². The van der Waals surface area contributed by atoms with Crippen molar-refractivity contribution in [3.8, 4) is 0 Å². The van der Waals surface area contributed by atoms with Gasteiger partial charge in [-0.2, -0.15) is 24.4 Å². The molecule has 0 aliphatic carbocycles. The Morgan fingerprint density at radius 1 is 0.938 bits per heavy atom. The molecule has 0 aromatic heterocycles. The molecule has 0 saturated heterocycles. The first-order valence-electron chi connectivity index (χ1n) is 10.8. The fourth-order valence-electron chi connectivity index (χ4n) is 2.85. The molecule has 0 rings (SSSR count). The zero-order chi connectivity index (χ0) is 24.7. The van der Waals surface area contributed by atoms with Crippen LogP contribution in [0.5, 0.6) is 0 Å². The molecule has 10 nitrogen and oxygen atoms in total. The highest BCUT2D eigenvalue weighted by Gasteiger charge is 2.29. The topological polar surface area (TPSA) is 177 Å². The Morgan fingerprint density at radius 3 is 2.00 bits per heavy atom. The quantitative estimate of drug-likeness (QED) is 0.107. The zero-order valence-electron chi connectivity index (χ0n) is 19.1. The van der Waals surface area contributed by atoms with E-state index in [4.69, 9.17) is 11.5 Å². The predicted molar refractivity (Wildman–Crippen MR) is 131 cm³/mol. The largest absolute Gasteiger partial charge is 0.480 e. The number of carbonyl (C=O) groups excluding carboxylic acids is 3. The van der Waals surface area contributed by atoms with Crippen molar-refractivity contribution in [2.45, 2.75) is 70.1 Å². The van der Waals surface area contributed by atoms with Gasteiger partial charge in [0.05, 0.1) is 6.04 Å². The number of rotatable bonds is 17. The first-order valence-corrected chi connectivity index (χ1v) is 12.8. The molecule has 4 unspecified atom stereocenters. The number of thioether (sulfide) groups is 1. The lowest BCUT2D eigenvalue weighted by atomic mass is 10.0. The van der Waals surface area contributed by atoms with Crippen molar-refractivity contribution >= 4 is 48.1 Å². The average Bonchev–Trinajstić information content (AvgIpc) is 2.73. The number of nitrogens with one attached hydrogen (secondary N) is 3. The van der Waals surface area contributed by atoms with Gasteiger partial charge < -0.3 is 32.5 Å². The molecule has 12 heteroatoms. The number of carbonyl (C=O) groups is 4. The van der Waals surface area contributed by atoms with Crippen LogP contribution >= 0.6 is 24.4 Å². The number of unbranched alkanes of at least 4 members (excludes halogenated alkanes) is 1. The van der Waals surface area contributed by atoms with Gasteiger partial charge in [-0.3, -0.25) is 14.4 Å². The van der Waals surface area contributed by atoms with E-state index < -0.39 is 47.9 Å². The van der Waals surface area contributed by atoms with E-state index in [1.54, 1.807) is 11.8 Å². The molecule has 0 aliphatic heterocycles. The van der Waals surface area contributed by atoms with Crippen LogP contribution in [0.15, 0.2) is 0 Å². The number of hydrogen-bond acceptors (Lipinski definition) is 8.